The first-order valence-corrected chi connectivity index (χ1v) is 13.3. The van der Waals surface area contributed by atoms with E-state index in [1.807, 2.05) is 23.0 Å². The third-order valence-corrected chi connectivity index (χ3v) is 7.57. The zero-order chi connectivity index (χ0) is 24.3. The highest BCUT2D eigenvalue weighted by atomic mass is 32.2. The number of carboxylic acid groups (broad SMARTS) is 1. The van der Waals surface area contributed by atoms with Crippen molar-refractivity contribution in [2.24, 2.45) is 5.92 Å². The van der Waals surface area contributed by atoms with E-state index in [1.54, 1.807) is 36.7 Å². The second kappa shape index (κ2) is 10.1. The number of carbonyl (C=O) groups is 1. The maximum absolute atomic E-state index is 13.4. The lowest BCUT2D eigenvalue weighted by Gasteiger charge is -2.23. The van der Waals surface area contributed by atoms with Gasteiger partial charge in [-0.1, -0.05) is 30.4 Å². The average Bonchev–Trinajstić information content (AvgIpc) is 3.44. The number of para-hydroxylation sites is 1. The van der Waals surface area contributed by atoms with Gasteiger partial charge in [-0.25, -0.2) is 14.5 Å². The monoisotopic (exact) mass is 504 g/mol. The number of aromatic nitrogens is 4. The number of imidazole rings is 1. The molecule has 0 amide bonds. The summed E-state index contributed by atoms with van der Waals surface area (Å²) in [5.41, 5.74) is 7.19. The maximum atomic E-state index is 13.4. The molecule has 0 fully saturated rings. The number of nitrogens with zero attached hydrogens (tertiary/aromatic N) is 4. The molecule has 0 saturated carbocycles. The molecule has 0 aliphatic heterocycles. The molecule has 13 heteroatoms. The summed E-state index contributed by atoms with van der Waals surface area (Å²) in [6.45, 7) is 1.44. The van der Waals surface area contributed by atoms with Gasteiger partial charge in [0.15, 0.2) is 5.65 Å². The van der Waals surface area contributed by atoms with Crippen LogP contribution in [0.25, 0.3) is 11.2 Å². The number of anilines is 1. The van der Waals surface area contributed by atoms with Gasteiger partial charge in [-0.05, 0) is 31.7 Å². The van der Waals surface area contributed by atoms with Crippen LogP contribution in [0.3, 0.4) is 0 Å². The fourth-order valence-corrected chi connectivity index (χ4v) is 5.64. The third-order valence-electron chi connectivity index (χ3n) is 5.26. The minimum atomic E-state index is -3.96. The van der Waals surface area contributed by atoms with Gasteiger partial charge in [0, 0.05) is 5.92 Å². The lowest BCUT2D eigenvalue weighted by molar-refractivity contribution is -0.138. The van der Waals surface area contributed by atoms with Crippen molar-refractivity contribution in [1.82, 2.24) is 24.6 Å². The van der Waals surface area contributed by atoms with Crippen LogP contribution in [0, 0.1) is 5.92 Å². The topological polar surface area (TPSA) is 154 Å². The first-order valence-electron chi connectivity index (χ1n) is 10.5. The predicted octanol–water partition coefficient (Wildman–Crippen LogP) is 3.51. The number of nitrogens with one attached hydrogen (secondary N) is 1. The van der Waals surface area contributed by atoms with Crippen molar-refractivity contribution >= 4 is 42.6 Å². The zero-order valence-corrected chi connectivity index (χ0v) is 20.3. The Labute approximate surface area is 200 Å². The average molecular weight is 505 g/mol. The molecular weight excluding hydrogens is 479 g/mol. The number of hydrogen-bond acceptors (Lipinski definition) is 9. The smallest absolute Gasteiger partial charge is 0.459 e. The molecule has 3 aromatic rings. The molecule has 1 aromatic carbocycles. The molecule has 180 valence electrons. The second-order valence-corrected chi connectivity index (χ2v) is 10.2. The molecule has 0 radical (unpaired) electrons. The Balaban J connectivity index is 1.46. The van der Waals surface area contributed by atoms with Gasteiger partial charge in [0.25, 0.3) is 0 Å². The molecule has 0 spiro atoms. The summed E-state index contributed by atoms with van der Waals surface area (Å²) >= 11 is 1.45. The second-order valence-electron chi connectivity index (χ2n) is 7.75. The molecule has 0 unspecified atom stereocenters. The highest BCUT2D eigenvalue weighted by molar-refractivity contribution is 7.98. The van der Waals surface area contributed by atoms with E-state index in [0.717, 1.165) is 0 Å². The highest BCUT2D eigenvalue weighted by Crippen LogP contribution is 2.46. The summed E-state index contributed by atoms with van der Waals surface area (Å²) in [6.07, 6.45) is 8.21. The summed E-state index contributed by atoms with van der Waals surface area (Å²) in [5, 5.41) is 12.4. The summed E-state index contributed by atoms with van der Waals surface area (Å²) in [7, 11) is -3.96. The molecule has 4 atom stereocenters. The van der Waals surface area contributed by atoms with Gasteiger partial charge in [0.05, 0.1) is 19.0 Å². The van der Waals surface area contributed by atoms with E-state index in [4.69, 9.17) is 14.8 Å². The Hall–Kier alpha value is -2.92. The SMILES string of the molecule is CSc1nc(N)nc2c1ncn2[C@H]1C=C[C@@H](CO[P@@](=O)(N[C@@H](C)C(=O)O)Oc2ccccc2)C1. The summed E-state index contributed by atoms with van der Waals surface area (Å²) < 4.78 is 26.5. The van der Waals surface area contributed by atoms with Gasteiger partial charge in [-0.2, -0.15) is 10.1 Å². The van der Waals surface area contributed by atoms with Gasteiger partial charge in [-0.3, -0.25) is 9.32 Å². The van der Waals surface area contributed by atoms with Crippen LogP contribution in [0.1, 0.15) is 19.4 Å². The maximum Gasteiger partial charge on any atom is 0.459 e. The molecule has 0 saturated heterocycles. The van der Waals surface area contributed by atoms with Crippen molar-refractivity contribution in [2.45, 2.75) is 30.5 Å². The molecule has 34 heavy (non-hydrogen) atoms. The Bertz CT molecular complexity index is 1250. The van der Waals surface area contributed by atoms with Crippen molar-refractivity contribution in [2.75, 3.05) is 18.6 Å². The number of aliphatic carboxylic acids is 1. The number of thioether (sulfide) groups is 1. The molecule has 1 aliphatic carbocycles. The minimum absolute atomic E-state index is 0.0528. The van der Waals surface area contributed by atoms with Crippen LogP contribution in [0.15, 0.2) is 53.8 Å². The van der Waals surface area contributed by atoms with Crippen molar-refractivity contribution in [1.29, 1.82) is 0 Å². The summed E-state index contributed by atoms with van der Waals surface area (Å²) in [5.74, 6) is -0.768. The van der Waals surface area contributed by atoms with E-state index in [9.17, 15) is 14.5 Å². The van der Waals surface area contributed by atoms with Crippen molar-refractivity contribution in [3.63, 3.8) is 0 Å². The quantitative estimate of drug-likeness (QED) is 0.161. The van der Waals surface area contributed by atoms with E-state index in [1.165, 1.54) is 18.7 Å². The molecular formula is C21H25N6O5PS. The van der Waals surface area contributed by atoms with Crippen molar-refractivity contribution in [3.05, 3.63) is 48.8 Å². The standard InChI is InChI=1S/C21H25N6O5PS/c1-13(20(28)29)26-33(30,32-16-6-4-3-5-7-16)31-11-14-8-9-15(10-14)27-12-23-17-18(27)24-21(22)25-19(17)34-2/h3-9,12-15H,10-11H2,1-2H3,(H,26,30)(H,28,29)(H2,22,24,25)/t13-,14+,15-,33-/m0/s1. The van der Waals surface area contributed by atoms with Crippen LogP contribution in [0.4, 0.5) is 5.95 Å². The normalized spacial score (nSPS) is 20.3. The molecule has 0 bridgehead atoms. The molecule has 11 nitrogen and oxygen atoms in total. The van der Waals surface area contributed by atoms with Gasteiger partial charge in [0.1, 0.15) is 22.3 Å². The fraction of sp³-hybridized carbons (Fsp3) is 0.333. The number of hydrogen-bond donors (Lipinski definition) is 3. The number of rotatable bonds is 10. The molecule has 2 aromatic heterocycles. The number of allylic oxidation sites excluding steroid dienone is 1. The Kier molecular flexibility index (Phi) is 7.22. The van der Waals surface area contributed by atoms with Gasteiger partial charge in [0.2, 0.25) is 5.95 Å². The Morgan fingerprint density at radius 1 is 1.35 bits per heavy atom. The van der Waals surface area contributed by atoms with E-state index in [2.05, 4.69) is 20.0 Å². The van der Waals surface area contributed by atoms with Crippen LogP contribution in [-0.2, 0) is 13.9 Å². The lowest BCUT2D eigenvalue weighted by Crippen LogP contribution is -2.33. The zero-order valence-electron chi connectivity index (χ0n) is 18.6. The summed E-state index contributed by atoms with van der Waals surface area (Å²) in [6, 6.07) is 7.29. The number of fused-ring (bicyclic) bond motifs is 1. The lowest BCUT2D eigenvalue weighted by atomic mass is 10.1. The van der Waals surface area contributed by atoms with Crippen molar-refractivity contribution < 1.29 is 23.5 Å². The number of benzene rings is 1. The van der Waals surface area contributed by atoms with E-state index >= 15 is 0 Å². The third kappa shape index (κ3) is 5.41. The van der Waals surface area contributed by atoms with Gasteiger partial charge >= 0.3 is 13.7 Å². The number of nitrogen functional groups attached to an aromatic ring is 1. The van der Waals surface area contributed by atoms with Crippen LogP contribution in [0.2, 0.25) is 0 Å². The van der Waals surface area contributed by atoms with Crippen molar-refractivity contribution in [3.8, 4) is 5.75 Å². The highest BCUT2D eigenvalue weighted by Gasteiger charge is 2.33. The van der Waals surface area contributed by atoms with Crippen LogP contribution >= 0.6 is 19.5 Å². The van der Waals surface area contributed by atoms with Crippen LogP contribution < -0.4 is 15.3 Å². The van der Waals surface area contributed by atoms with Gasteiger partial charge < -0.3 is 19.9 Å². The molecule has 2 heterocycles. The largest absolute Gasteiger partial charge is 0.480 e. The van der Waals surface area contributed by atoms with Crippen LogP contribution in [0.5, 0.6) is 5.75 Å². The van der Waals surface area contributed by atoms with E-state index in [0.29, 0.717) is 28.4 Å². The minimum Gasteiger partial charge on any atom is -0.480 e. The molecule has 4 N–H and O–H groups in total. The molecule has 1 aliphatic rings. The number of nitrogens with two attached hydrogens (primary N) is 1. The Morgan fingerprint density at radius 3 is 2.82 bits per heavy atom. The fourth-order valence-electron chi connectivity index (χ4n) is 3.57. The van der Waals surface area contributed by atoms with Gasteiger partial charge in [-0.15, -0.1) is 11.8 Å². The first kappa shape index (κ1) is 24.2. The van der Waals surface area contributed by atoms with E-state index in [-0.39, 0.29) is 24.5 Å². The van der Waals surface area contributed by atoms with Crippen LogP contribution in [-0.4, -0.2) is 49.5 Å². The number of carboxylic acids is 1. The Morgan fingerprint density at radius 2 is 2.12 bits per heavy atom. The van der Waals surface area contributed by atoms with E-state index < -0.39 is 19.8 Å². The predicted molar refractivity (Wildman–Crippen MR) is 129 cm³/mol. The first-order chi connectivity index (χ1) is 16.3. The molecule has 4 rings (SSSR count). The summed E-state index contributed by atoms with van der Waals surface area (Å²) in [4.78, 5) is 24.3.